The topological polar surface area (TPSA) is 40.5 Å². The van der Waals surface area contributed by atoms with E-state index < -0.39 is 0 Å². The second-order valence-electron chi connectivity index (χ2n) is 5.08. The standard InChI is InChI=1S/C11H21NO2/c1-11(2,3)9(6-8-13)12-7-4-5-10(12)14/h9,13H,4-8H2,1-3H3. The van der Waals surface area contributed by atoms with Crippen molar-refractivity contribution in [3.63, 3.8) is 0 Å². The maximum absolute atomic E-state index is 11.6. The third kappa shape index (κ3) is 2.47. The lowest BCUT2D eigenvalue weighted by Crippen LogP contribution is -2.45. The Kier molecular flexibility index (Phi) is 3.53. The van der Waals surface area contributed by atoms with Gasteiger partial charge in [-0.1, -0.05) is 20.8 Å². The van der Waals surface area contributed by atoms with E-state index in [0.29, 0.717) is 12.8 Å². The summed E-state index contributed by atoms with van der Waals surface area (Å²) in [5.41, 5.74) is 0.0583. The molecule has 1 aliphatic rings. The molecule has 1 atom stereocenters. The zero-order valence-electron chi connectivity index (χ0n) is 9.42. The molecule has 0 saturated carbocycles. The van der Waals surface area contributed by atoms with Gasteiger partial charge < -0.3 is 10.0 Å². The first-order chi connectivity index (χ1) is 6.46. The molecule has 0 radical (unpaired) electrons. The number of carbonyl (C=O) groups is 1. The number of hydrogen-bond acceptors (Lipinski definition) is 2. The lowest BCUT2D eigenvalue weighted by molar-refractivity contribution is -0.132. The number of hydrogen-bond donors (Lipinski definition) is 1. The highest BCUT2D eigenvalue weighted by molar-refractivity contribution is 5.78. The summed E-state index contributed by atoms with van der Waals surface area (Å²) in [6, 6.07) is 0.183. The first-order valence-corrected chi connectivity index (χ1v) is 5.37. The van der Waals surface area contributed by atoms with Crippen LogP contribution in [0.1, 0.15) is 40.0 Å². The van der Waals surface area contributed by atoms with Crippen molar-refractivity contribution in [2.45, 2.75) is 46.1 Å². The molecule has 1 heterocycles. The van der Waals surface area contributed by atoms with Gasteiger partial charge in [-0.05, 0) is 18.3 Å². The first kappa shape index (κ1) is 11.5. The molecule has 0 spiro atoms. The molecule has 0 aromatic carbocycles. The normalized spacial score (nSPS) is 20.3. The Bertz CT molecular complexity index is 208. The molecule has 1 rings (SSSR count). The summed E-state index contributed by atoms with van der Waals surface area (Å²) in [5, 5.41) is 9.01. The van der Waals surface area contributed by atoms with Gasteiger partial charge >= 0.3 is 0 Å². The largest absolute Gasteiger partial charge is 0.396 e. The van der Waals surface area contributed by atoms with E-state index in [1.165, 1.54) is 0 Å². The minimum Gasteiger partial charge on any atom is -0.396 e. The van der Waals surface area contributed by atoms with Crippen LogP contribution in [0, 0.1) is 5.41 Å². The Balaban J connectivity index is 2.71. The second-order valence-corrected chi connectivity index (χ2v) is 5.08. The smallest absolute Gasteiger partial charge is 0.222 e. The maximum atomic E-state index is 11.6. The van der Waals surface area contributed by atoms with Gasteiger partial charge in [-0.25, -0.2) is 0 Å². The van der Waals surface area contributed by atoms with Gasteiger partial charge in [0.15, 0.2) is 0 Å². The van der Waals surface area contributed by atoms with Crippen LogP contribution in [0.25, 0.3) is 0 Å². The van der Waals surface area contributed by atoms with Crippen molar-refractivity contribution in [3.8, 4) is 0 Å². The molecular formula is C11H21NO2. The molecule has 1 N–H and O–H groups in total. The summed E-state index contributed by atoms with van der Waals surface area (Å²) in [6.07, 6.45) is 2.34. The van der Waals surface area contributed by atoms with Crippen LogP contribution < -0.4 is 0 Å². The molecule has 14 heavy (non-hydrogen) atoms. The SMILES string of the molecule is CC(C)(C)C(CCO)N1CCCC1=O. The number of aliphatic hydroxyl groups excluding tert-OH is 1. The van der Waals surface area contributed by atoms with E-state index in [-0.39, 0.29) is 24.0 Å². The predicted octanol–water partition coefficient (Wildman–Crippen LogP) is 1.41. The minimum absolute atomic E-state index is 0.0583. The van der Waals surface area contributed by atoms with Gasteiger partial charge in [0.1, 0.15) is 0 Å². The second kappa shape index (κ2) is 4.30. The molecule has 3 nitrogen and oxygen atoms in total. The van der Waals surface area contributed by atoms with Gasteiger partial charge in [-0.15, -0.1) is 0 Å². The van der Waals surface area contributed by atoms with Crippen molar-refractivity contribution < 1.29 is 9.90 Å². The fraction of sp³-hybridized carbons (Fsp3) is 0.909. The minimum atomic E-state index is 0.0583. The third-order valence-electron chi connectivity index (χ3n) is 2.89. The van der Waals surface area contributed by atoms with Crippen LogP contribution in [0.4, 0.5) is 0 Å². The number of aliphatic hydroxyl groups is 1. The molecule has 1 saturated heterocycles. The van der Waals surface area contributed by atoms with E-state index in [1.807, 2.05) is 4.90 Å². The van der Waals surface area contributed by atoms with Crippen molar-refractivity contribution in [2.75, 3.05) is 13.2 Å². The lowest BCUT2D eigenvalue weighted by Gasteiger charge is -2.37. The van der Waals surface area contributed by atoms with E-state index in [0.717, 1.165) is 13.0 Å². The molecule has 1 fully saturated rings. The Morgan fingerprint density at radius 1 is 1.50 bits per heavy atom. The molecule has 82 valence electrons. The van der Waals surface area contributed by atoms with E-state index in [9.17, 15) is 4.79 Å². The zero-order valence-corrected chi connectivity index (χ0v) is 9.42. The van der Waals surface area contributed by atoms with E-state index in [1.54, 1.807) is 0 Å². The summed E-state index contributed by atoms with van der Waals surface area (Å²) in [7, 11) is 0. The van der Waals surface area contributed by atoms with Crippen molar-refractivity contribution in [2.24, 2.45) is 5.41 Å². The third-order valence-corrected chi connectivity index (χ3v) is 2.89. The molecule has 1 unspecified atom stereocenters. The summed E-state index contributed by atoms with van der Waals surface area (Å²) >= 11 is 0. The van der Waals surface area contributed by atoms with E-state index in [4.69, 9.17) is 5.11 Å². The number of likely N-dealkylation sites (tertiary alicyclic amines) is 1. The molecule has 0 aliphatic carbocycles. The molecule has 0 aromatic heterocycles. The van der Waals surface area contributed by atoms with E-state index in [2.05, 4.69) is 20.8 Å². The average molecular weight is 199 g/mol. The summed E-state index contributed by atoms with van der Waals surface area (Å²) in [6.45, 7) is 7.39. The van der Waals surface area contributed by atoms with Crippen LogP contribution in [0.5, 0.6) is 0 Å². The van der Waals surface area contributed by atoms with Gasteiger partial charge in [-0.3, -0.25) is 4.79 Å². The van der Waals surface area contributed by atoms with Crippen LogP contribution in [0.3, 0.4) is 0 Å². The van der Waals surface area contributed by atoms with Crippen LogP contribution in [0.15, 0.2) is 0 Å². The Morgan fingerprint density at radius 3 is 2.50 bits per heavy atom. The van der Waals surface area contributed by atoms with Crippen molar-refractivity contribution >= 4 is 5.91 Å². The van der Waals surface area contributed by atoms with Gasteiger partial charge in [0.2, 0.25) is 5.91 Å². The van der Waals surface area contributed by atoms with Crippen LogP contribution in [-0.2, 0) is 4.79 Å². The van der Waals surface area contributed by atoms with Gasteiger partial charge in [0.25, 0.3) is 0 Å². The number of nitrogens with zero attached hydrogens (tertiary/aromatic N) is 1. The summed E-state index contributed by atoms with van der Waals surface area (Å²) < 4.78 is 0. The summed E-state index contributed by atoms with van der Waals surface area (Å²) in [5.74, 6) is 0.248. The first-order valence-electron chi connectivity index (χ1n) is 5.37. The molecule has 0 aromatic rings. The predicted molar refractivity (Wildman–Crippen MR) is 55.9 cm³/mol. The highest BCUT2D eigenvalue weighted by atomic mass is 16.3. The highest BCUT2D eigenvalue weighted by Crippen LogP contribution is 2.29. The van der Waals surface area contributed by atoms with Crippen molar-refractivity contribution in [1.82, 2.24) is 4.90 Å². The van der Waals surface area contributed by atoms with Gasteiger partial charge in [0.05, 0.1) is 0 Å². The number of amides is 1. The van der Waals surface area contributed by atoms with Crippen LogP contribution >= 0.6 is 0 Å². The quantitative estimate of drug-likeness (QED) is 0.746. The molecule has 1 aliphatic heterocycles. The molecule has 1 amide bonds. The number of rotatable bonds is 3. The van der Waals surface area contributed by atoms with Crippen LogP contribution in [0.2, 0.25) is 0 Å². The number of carbonyl (C=O) groups excluding carboxylic acids is 1. The lowest BCUT2D eigenvalue weighted by atomic mass is 9.84. The van der Waals surface area contributed by atoms with Gasteiger partial charge in [-0.2, -0.15) is 0 Å². The highest BCUT2D eigenvalue weighted by Gasteiger charge is 2.34. The molecular weight excluding hydrogens is 178 g/mol. The van der Waals surface area contributed by atoms with Gasteiger partial charge in [0, 0.05) is 25.6 Å². The Labute approximate surface area is 86.1 Å². The fourth-order valence-electron chi connectivity index (χ4n) is 2.18. The average Bonchev–Trinajstić information content (AvgIpc) is 2.45. The zero-order chi connectivity index (χ0) is 10.8. The molecule has 0 bridgehead atoms. The Hall–Kier alpha value is -0.570. The Morgan fingerprint density at radius 2 is 2.14 bits per heavy atom. The van der Waals surface area contributed by atoms with Crippen molar-refractivity contribution in [1.29, 1.82) is 0 Å². The van der Waals surface area contributed by atoms with Crippen molar-refractivity contribution in [3.05, 3.63) is 0 Å². The fourth-order valence-corrected chi connectivity index (χ4v) is 2.18. The van der Waals surface area contributed by atoms with Crippen LogP contribution in [-0.4, -0.2) is 35.1 Å². The molecule has 3 heteroatoms. The summed E-state index contributed by atoms with van der Waals surface area (Å²) in [4.78, 5) is 13.5. The van der Waals surface area contributed by atoms with E-state index >= 15 is 0 Å². The maximum Gasteiger partial charge on any atom is 0.222 e. The monoisotopic (exact) mass is 199 g/mol.